The number of amides is 1. The van der Waals surface area contributed by atoms with E-state index in [4.69, 9.17) is 0 Å². The van der Waals surface area contributed by atoms with Crippen molar-refractivity contribution in [3.63, 3.8) is 0 Å². The van der Waals surface area contributed by atoms with Gasteiger partial charge in [0, 0.05) is 12.6 Å². The summed E-state index contributed by atoms with van der Waals surface area (Å²) in [5, 5.41) is 4.32. The lowest BCUT2D eigenvalue weighted by molar-refractivity contribution is -0.119. The molecule has 0 radical (unpaired) electrons. The Labute approximate surface area is 152 Å². The van der Waals surface area contributed by atoms with Gasteiger partial charge in [-0.05, 0) is 44.2 Å². The fourth-order valence-corrected chi connectivity index (χ4v) is 3.75. The van der Waals surface area contributed by atoms with E-state index in [1.54, 1.807) is 4.57 Å². The summed E-state index contributed by atoms with van der Waals surface area (Å²) in [5.41, 5.74) is 0.669. The number of carbonyl (C=O) groups is 1. The summed E-state index contributed by atoms with van der Waals surface area (Å²) in [4.78, 5) is 29.6. The van der Waals surface area contributed by atoms with Crippen molar-refractivity contribution in [2.75, 3.05) is 5.75 Å². The van der Waals surface area contributed by atoms with Crippen molar-refractivity contribution in [3.05, 3.63) is 34.6 Å². The molecular weight excluding hydrogens is 334 g/mol. The number of rotatable bonds is 8. The van der Waals surface area contributed by atoms with E-state index < -0.39 is 0 Å². The second-order valence-electron chi connectivity index (χ2n) is 6.70. The summed E-state index contributed by atoms with van der Waals surface area (Å²) < 4.78 is 1.72. The first-order valence-corrected chi connectivity index (χ1v) is 10.0. The standard InChI is InChI=1S/C19H25N3O2S/c1-3-4-11-22-18(24)15-7-5-6-8-16(15)21-19(22)25-12-17(23)20-13(2)14-9-10-14/h5-8,13-14H,3-4,9-12H2,1-2H3,(H,20,23)/t13-/m1/s1. The lowest BCUT2D eigenvalue weighted by Crippen LogP contribution is -2.35. The van der Waals surface area contributed by atoms with Gasteiger partial charge < -0.3 is 5.32 Å². The number of nitrogens with zero attached hydrogens (tertiary/aromatic N) is 2. The molecule has 1 atom stereocenters. The first kappa shape index (κ1) is 18.0. The van der Waals surface area contributed by atoms with Crippen LogP contribution < -0.4 is 10.9 Å². The smallest absolute Gasteiger partial charge is 0.262 e. The van der Waals surface area contributed by atoms with Crippen molar-refractivity contribution in [1.82, 2.24) is 14.9 Å². The summed E-state index contributed by atoms with van der Waals surface area (Å²) in [6, 6.07) is 7.63. The Morgan fingerprint density at radius 3 is 2.88 bits per heavy atom. The molecule has 1 aliphatic carbocycles. The average molecular weight is 359 g/mol. The molecule has 1 fully saturated rings. The van der Waals surface area contributed by atoms with Crippen molar-refractivity contribution >= 4 is 28.6 Å². The highest BCUT2D eigenvalue weighted by Gasteiger charge is 2.28. The number of fused-ring (bicyclic) bond motifs is 1. The molecule has 1 heterocycles. The second-order valence-corrected chi connectivity index (χ2v) is 7.65. The Bertz CT molecular complexity index is 814. The van der Waals surface area contributed by atoms with Crippen LogP contribution in [0.1, 0.15) is 39.5 Å². The molecule has 1 aromatic heterocycles. The van der Waals surface area contributed by atoms with E-state index in [1.807, 2.05) is 24.3 Å². The lowest BCUT2D eigenvalue weighted by Gasteiger charge is -2.14. The van der Waals surface area contributed by atoms with E-state index in [0.29, 0.717) is 28.5 Å². The number of nitrogens with one attached hydrogen (secondary N) is 1. The largest absolute Gasteiger partial charge is 0.353 e. The van der Waals surface area contributed by atoms with Gasteiger partial charge in [-0.25, -0.2) is 4.98 Å². The molecule has 2 aromatic rings. The monoisotopic (exact) mass is 359 g/mol. The predicted molar refractivity (Wildman–Crippen MR) is 102 cm³/mol. The molecule has 1 saturated carbocycles. The first-order chi connectivity index (χ1) is 12.1. The molecule has 6 heteroatoms. The van der Waals surface area contributed by atoms with Crippen LogP contribution in [0.15, 0.2) is 34.2 Å². The van der Waals surface area contributed by atoms with Crippen LogP contribution in [0.5, 0.6) is 0 Å². The number of hydrogen-bond donors (Lipinski definition) is 1. The van der Waals surface area contributed by atoms with Crippen LogP contribution in [0.4, 0.5) is 0 Å². The first-order valence-electron chi connectivity index (χ1n) is 9.02. The average Bonchev–Trinajstić information content (AvgIpc) is 3.44. The third kappa shape index (κ3) is 4.42. The second kappa shape index (κ2) is 8.04. The van der Waals surface area contributed by atoms with Gasteiger partial charge in [0.25, 0.3) is 5.56 Å². The third-order valence-corrected chi connectivity index (χ3v) is 5.59. The number of hydrogen-bond acceptors (Lipinski definition) is 4. The quantitative estimate of drug-likeness (QED) is 0.581. The van der Waals surface area contributed by atoms with Gasteiger partial charge >= 0.3 is 0 Å². The normalized spacial score (nSPS) is 15.3. The maximum absolute atomic E-state index is 12.8. The Hall–Kier alpha value is -1.82. The highest BCUT2D eigenvalue weighted by molar-refractivity contribution is 7.99. The van der Waals surface area contributed by atoms with Gasteiger partial charge in [-0.3, -0.25) is 14.2 Å². The highest BCUT2D eigenvalue weighted by atomic mass is 32.2. The van der Waals surface area contributed by atoms with Crippen molar-refractivity contribution in [1.29, 1.82) is 0 Å². The van der Waals surface area contributed by atoms with E-state index in [2.05, 4.69) is 24.1 Å². The fraction of sp³-hybridized carbons (Fsp3) is 0.526. The predicted octanol–water partition coefficient (Wildman–Crippen LogP) is 3.20. The lowest BCUT2D eigenvalue weighted by atomic mass is 10.2. The molecule has 1 amide bonds. The molecule has 0 unspecified atom stereocenters. The van der Waals surface area contributed by atoms with Crippen LogP contribution in [0.2, 0.25) is 0 Å². The van der Waals surface area contributed by atoms with E-state index in [1.165, 1.54) is 24.6 Å². The topological polar surface area (TPSA) is 64.0 Å². The zero-order chi connectivity index (χ0) is 17.8. The maximum atomic E-state index is 12.8. The Kier molecular flexibility index (Phi) is 5.78. The van der Waals surface area contributed by atoms with Crippen molar-refractivity contribution in [2.24, 2.45) is 5.92 Å². The number of unbranched alkanes of at least 4 members (excludes halogenated alkanes) is 1. The number of benzene rings is 1. The molecule has 0 aliphatic heterocycles. The third-order valence-electron chi connectivity index (χ3n) is 4.61. The Morgan fingerprint density at radius 1 is 1.40 bits per heavy atom. The van der Waals surface area contributed by atoms with E-state index in [9.17, 15) is 9.59 Å². The van der Waals surface area contributed by atoms with Gasteiger partial charge in [0.05, 0.1) is 16.7 Å². The fourth-order valence-electron chi connectivity index (χ4n) is 2.91. The van der Waals surface area contributed by atoms with Crippen LogP contribution in [-0.4, -0.2) is 27.3 Å². The van der Waals surface area contributed by atoms with Crippen LogP contribution in [0.25, 0.3) is 10.9 Å². The molecule has 0 spiro atoms. The van der Waals surface area contributed by atoms with Gasteiger partial charge in [-0.2, -0.15) is 0 Å². The molecule has 1 aromatic carbocycles. The zero-order valence-corrected chi connectivity index (χ0v) is 15.6. The Morgan fingerprint density at radius 2 is 2.16 bits per heavy atom. The van der Waals surface area contributed by atoms with Crippen LogP contribution in [0, 0.1) is 5.92 Å². The molecular formula is C19H25N3O2S. The SMILES string of the molecule is CCCCn1c(SCC(=O)N[C@H](C)C2CC2)nc2ccccc2c1=O. The number of thioether (sulfide) groups is 1. The highest BCUT2D eigenvalue weighted by Crippen LogP contribution is 2.32. The minimum absolute atomic E-state index is 0.00819. The Balaban J connectivity index is 1.78. The van der Waals surface area contributed by atoms with Gasteiger partial charge in [-0.15, -0.1) is 0 Å². The van der Waals surface area contributed by atoms with E-state index in [0.717, 1.165) is 12.8 Å². The number of carbonyl (C=O) groups excluding carboxylic acids is 1. The summed E-state index contributed by atoms with van der Waals surface area (Å²) in [5.74, 6) is 0.929. The van der Waals surface area contributed by atoms with Gasteiger partial charge in [0.2, 0.25) is 5.91 Å². The van der Waals surface area contributed by atoms with Crippen LogP contribution in [-0.2, 0) is 11.3 Å². The molecule has 0 saturated heterocycles. The van der Waals surface area contributed by atoms with Crippen LogP contribution >= 0.6 is 11.8 Å². The molecule has 3 rings (SSSR count). The van der Waals surface area contributed by atoms with Crippen LogP contribution in [0.3, 0.4) is 0 Å². The van der Waals surface area contributed by atoms with Crippen molar-refractivity contribution in [3.8, 4) is 0 Å². The number of aromatic nitrogens is 2. The van der Waals surface area contributed by atoms with Gasteiger partial charge in [-0.1, -0.05) is 37.2 Å². The molecule has 25 heavy (non-hydrogen) atoms. The molecule has 1 N–H and O–H groups in total. The summed E-state index contributed by atoms with van der Waals surface area (Å²) in [6.07, 6.45) is 4.33. The summed E-state index contributed by atoms with van der Waals surface area (Å²) in [6.45, 7) is 4.79. The van der Waals surface area contributed by atoms with Gasteiger partial charge in [0.1, 0.15) is 0 Å². The van der Waals surface area contributed by atoms with Crippen molar-refractivity contribution in [2.45, 2.75) is 57.3 Å². The minimum atomic E-state index is -0.0201. The molecule has 1 aliphatic rings. The van der Waals surface area contributed by atoms with E-state index >= 15 is 0 Å². The van der Waals surface area contributed by atoms with Crippen molar-refractivity contribution < 1.29 is 4.79 Å². The molecule has 0 bridgehead atoms. The summed E-state index contributed by atoms with van der Waals surface area (Å²) in [7, 11) is 0. The zero-order valence-electron chi connectivity index (χ0n) is 14.8. The van der Waals surface area contributed by atoms with E-state index in [-0.39, 0.29) is 23.3 Å². The maximum Gasteiger partial charge on any atom is 0.262 e. The number of para-hydroxylation sites is 1. The molecule has 5 nitrogen and oxygen atoms in total. The minimum Gasteiger partial charge on any atom is -0.353 e. The molecule has 134 valence electrons. The summed E-state index contributed by atoms with van der Waals surface area (Å²) >= 11 is 1.35. The van der Waals surface area contributed by atoms with Gasteiger partial charge in [0.15, 0.2) is 5.16 Å².